The molecule has 0 bridgehead atoms. The van der Waals surface area contributed by atoms with E-state index in [2.05, 4.69) is 39.0 Å². The molecule has 0 spiro atoms. The SMILES string of the molecule is [2H]C([2H])([2H])c1cc(-n2c(-c3cccc(C(C)(C)C)c3O)nc3c(-c4[c-]c(-c5cc(-c6ccc(C(C([2H])([2H])[2H])(C([2H])([2H])[2H])C([2H])([2H])[2H])cc6)ccn5)cc(-c5ccccc5)c4)cccc32)c(-c2ccccc2)cc1-c1ccc(C(C)(C)C)cc1.[Pt]. The summed E-state index contributed by atoms with van der Waals surface area (Å²) in [5.74, 6) is 0.415. The Morgan fingerprint density at radius 2 is 1.10 bits per heavy atom. The standard InChI is InChI=1S/C67H62N3O.Pt/c1-43-37-61(57(46-21-15-12-16-22-46)42-56(43)47-29-33-53(34-30-47)66(5,6)7)70-60-26-18-23-54(62(60)69-64(70)55-24-17-25-58(63(55)71)67(8,9)10)50-38-49(44-19-13-11-14-20-44)39-51(40-50)59-41-48(35-36-68-59)45-27-31-52(32-28-45)65(2,3)4;/h11-39,41-42,71H,1-10H3;/q-1;/i1D3,2D3,3D3,4D3;. The number of pyridine rings is 1. The van der Waals surface area contributed by atoms with Crippen molar-refractivity contribution < 1.29 is 42.6 Å². The summed E-state index contributed by atoms with van der Waals surface area (Å²) in [7, 11) is 0. The number of aromatic hydroxyl groups is 1. The van der Waals surface area contributed by atoms with Gasteiger partial charge in [-0.15, -0.1) is 23.8 Å². The van der Waals surface area contributed by atoms with Crippen LogP contribution in [0.25, 0.3) is 95.0 Å². The maximum atomic E-state index is 12.5. The van der Waals surface area contributed by atoms with E-state index >= 15 is 0 Å². The number of benzene rings is 8. The van der Waals surface area contributed by atoms with Crippen molar-refractivity contribution >= 4 is 11.0 Å². The summed E-state index contributed by atoms with van der Waals surface area (Å²) in [5.41, 5.74) is 8.18. The van der Waals surface area contributed by atoms with E-state index in [4.69, 9.17) is 26.4 Å². The molecule has 0 atom stereocenters. The molecular formula is C67H62N3OPt-. The average Bonchev–Trinajstić information content (AvgIpc) is 1.25. The molecule has 0 aliphatic heterocycles. The fourth-order valence-electron chi connectivity index (χ4n) is 9.40. The van der Waals surface area contributed by atoms with Gasteiger partial charge in [-0.25, -0.2) is 4.98 Å². The van der Waals surface area contributed by atoms with Gasteiger partial charge in [0.1, 0.15) is 11.6 Å². The normalized spacial score (nSPS) is 15.1. The Kier molecular flexibility index (Phi) is 9.93. The number of nitrogens with zero attached hydrogens (tertiary/aromatic N) is 3. The van der Waals surface area contributed by atoms with Gasteiger partial charge in [0.2, 0.25) is 0 Å². The zero-order valence-electron chi connectivity index (χ0n) is 53.0. The molecular weight excluding hydrogens is 1060 g/mol. The Morgan fingerprint density at radius 3 is 1.75 bits per heavy atom. The van der Waals surface area contributed by atoms with Gasteiger partial charge in [-0.1, -0.05) is 218 Å². The summed E-state index contributed by atoms with van der Waals surface area (Å²) in [6, 6.07) is 59.7. The Morgan fingerprint density at radius 1 is 0.500 bits per heavy atom. The van der Waals surface area contributed by atoms with Crippen molar-refractivity contribution in [2.24, 2.45) is 0 Å². The molecule has 1 N–H and O–H groups in total. The largest absolute Gasteiger partial charge is 0.507 e. The molecule has 362 valence electrons. The van der Waals surface area contributed by atoms with Crippen molar-refractivity contribution in [3.63, 3.8) is 0 Å². The van der Waals surface area contributed by atoms with Crippen LogP contribution in [0.15, 0.2) is 188 Å². The van der Waals surface area contributed by atoms with Gasteiger partial charge in [0, 0.05) is 55.0 Å². The molecule has 10 rings (SSSR count). The van der Waals surface area contributed by atoms with Crippen molar-refractivity contribution in [1.82, 2.24) is 14.5 Å². The number of fused-ring (bicyclic) bond motifs is 1. The van der Waals surface area contributed by atoms with Crippen LogP contribution in [0.1, 0.15) is 101 Å². The average molecular weight is 1130 g/mol. The molecule has 0 saturated carbocycles. The summed E-state index contributed by atoms with van der Waals surface area (Å²) < 4.78 is 103. The van der Waals surface area contributed by atoms with Gasteiger partial charge in [0.15, 0.2) is 0 Å². The second-order valence-corrected chi connectivity index (χ2v) is 20.3. The zero-order chi connectivity index (χ0) is 59.8. The van der Waals surface area contributed by atoms with Crippen LogP contribution in [-0.4, -0.2) is 19.6 Å². The predicted molar refractivity (Wildman–Crippen MR) is 298 cm³/mol. The van der Waals surface area contributed by atoms with Gasteiger partial charge >= 0.3 is 0 Å². The van der Waals surface area contributed by atoms with Crippen LogP contribution in [-0.2, 0) is 37.3 Å². The minimum Gasteiger partial charge on any atom is -0.507 e. The number of phenolic OH excluding ortho intramolecular Hbond substituents is 1. The first kappa shape index (κ1) is 36.7. The number of hydrogen-bond acceptors (Lipinski definition) is 3. The van der Waals surface area contributed by atoms with Crippen molar-refractivity contribution in [2.75, 3.05) is 0 Å². The van der Waals surface area contributed by atoms with E-state index in [9.17, 15) is 5.11 Å². The minimum atomic E-state index is -3.41. The van der Waals surface area contributed by atoms with E-state index in [-0.39, 0.29) is 43.4 Å². The topological polar surface area (TPSA) is 50.9 Å². The van der Waals surface area contributed by atoms with Gasteiger partial charge in [0.25, 0.3) is 0 Å². The number of phenols is 1. The van der Waals surface area contributed by atoms with Crippen molar-refractivity contribution in [1.29, 1.82) is 0 Å². The van der Waals surface area contributed by atoms with Crippen molar-refractivity contribution in [2.45, 2.75) is 85.2 Å². The zero-order valence-corrected chi connectivity index (χ0v) is 43.3. The molecule has 10 aromatic rings. The van der Waals surface area contributed by atoms with Gasteiger partial charge in [-0.05, 0) is 109 Å². The van der Waals surface area contributed by atoms with E-state index in [0.717, 1.165) is 33.4 Å². The molecule has 0 amide bonds. The summed E-state index contributed by atoms with van der Waals surface area (Å²) in [6.45, 7) is -0.287. The van der Waals surface area contributed by atoms with E-state index in [0.29, 0.717) is 72.7 Å². The van der Waals surface area contributed by atoms with E-state index in [1.54, 1.807) is 18.3 Å². The predicted octanol–water partition coefficient (Wildman–Crippen LogP) is 17.8. The maximum Gasteiger partial charge on any atom is 0.148 e. The van der Waals surface area contributed by atoms with Crippen LogP contribution in [0.5, 0.6) is 5.75 Å². The molecule has 72 heavy (non-hydrogen) atoms. The van der Waals surface area contributed by atoms with Gasteiger partial charge in [-0.3, -0.25) is 9.55 Å². The summed E-state index contributed by atoms with van der Waals surface area (Å²) >= 11 is 0. The molecule has 0 aliphatic carbocycles. The second kappa shape index (κ2) is 19.5. The van der Waals surface area contributed by atoms with Gasteiger partial charge in [0.05, 0.1) is 22.3 Å². The van der Waals surface area contributed by atoms with Crippen LogP contribution >= 0.6 is 0 Å². The molecule has 2 heterocycles. The number of aromatic nitrogens is 3. The number of rotatable bonds is 8. The quantitative estimate of drug-likeness (QED) is 0.154. The third-order valence-corrected chi connectivity index (χ3v) is 13.2. The third-order valence-electron chi connectivity index (χ3n) is 13.2. The molecule has 0 radical (unpaired) electrons. The van der Waals surface area contributed by atoms with Crippen LogP contribution in [0.4, 0.5) is 0 Å². The molecule has 0 fully saturated rings. The first-order valence-corrected chi connectivity index (χ1v) is 23.8. The first-order chi connectivity index (χ1) is 38.9. The maximum absolute atomic E-state index is 12.5. The summed E-state index contributed by atoms with van der Waals surface area (Å²) in [6.07, 6.45) is 1.62. The van der Waals surface area contributed by atoms with Gasteiger partial charge in [-0.2, -0.15) is 0 Å². The van der Waals surface area contributed by atoms with Crippen LogP contribution in [0.2, 0.25) is 0 Å². The molecule has 2 aromatic heterocycles. The number of para-hydroxylation sites is 2. The Labute approximate surface area is 457 Å². The van der Waals surface area contributed by atoms with Crippen LogP contribution < -0.4 is 0 Å². The smallest absolute Gasteiger partial charge is 0.148 e. The molecule has 4 nitrogen and oxygen atoms in total. The Bertz CT molecular complexity index is 4010. The number of imidazole rings is 1. The second-order valence-electron chi connectivity index (χ2n) is 20.3. The number of aryl methyl sites for hydroxylation is 1. The summed E-state index contributed by atoms with van der Waals surface area (Å²) in [5, 5.41) is 12.5. The fourth-order valence-corrected chi connectivity index (χ4v) is 9.40. The van der Waals surface area contributed by atoms with E-state index in [1.165, 1.54) is 24.3 Å². The molecule has 0 saturated heterocycles. The molecule has 5 heteroatoms. The molecule has 0 unspecified atom stereocenters. The van der Waals surface area contributed by atoms with Gasteiger partial charge < -0.3 is 5.11 Å². The monoisotopic (exact) mass is 1130 g/mol. The number of hydrogen-bond donors (Lipinski definition) is 1. The molecule has 8 aromatic carbocycles. The Hall–Kier alpha value is -7.13. The van der Waals surface area contributed by atoms with Crippen molar-refractivity contribution in [3.8, 4) is 89.7 Å². The van der Waals surface area contributed by atoms with Crippen LogP contribution in [0, 0.1) is 12.9 Å². The Balaban J connectivity index is 0.00000846. The first-order valence-electron chi connectivity index (χ1n) is 29.8. The fraction of sp³-hybridized carbons (Fsp3) is 0.194. The third kappa shape index (κ3) is 9.78. The summed E-state index contributed by atoms with van der Waals surface area (Å²) in [4.78, 5) is 10.3. The van der Waals surface area contributed by atoms with E-state index in [1.807, 2.05) is 159 Å². The van der Waals surface area contributed by atoms with Crippen LogP contribution in [0.3, 0.4) is 0 Å². The van der Waals surface area contributed by atoms with Crippen molar-refractivity contribution in [3.05, 3.63) is 217 Å². The molecule has 0 aliphatic rings. The van der Waals surface area contributed by atoms with E-state index < -0.39 is 38.2 Å². The minimum absolute atomic E-state index is 0.